The minimum Gasteiger partial charge on any atom is -0.504 e. The second-order valence-electron chi connectivity index (χ2n) is 6.08. The average Bonchev–Trinajstić information content (AvgIpc) is 2.63. The van der Waals surface area contributed by atoms with Gasteiger partial charge in [-0.2, -0.15) is 0 Å². The number of nitrogens with two attached hydrogens (primary N) is 1. The van der Waals surface area contributed by atoms with Crippen molar-refractivity contribution in [2.45, 2.75) is 18.9 Å². The predicted molar refractivity (Wildman–Crippen MR) is 94.0 cm³/mol. The van der Waals surface area contributed by atoms with Crippen molar-refractivity contribution in [1.29, 1.82) is 0 Å². The molecule has 0 fully saturated rings. The lowest BCUT2D eigenvalue weighted by Crippen LogP contribution is -2.40. The highest BCUT2D eigenvalue weighted by atomic mass is 16.5. The lowest BCUT2D eigenvalue weighted by Gasteiger charge is -2.27. The van der Waals surface area contributed by atoms with Crippen molar-refractivity contribution in [1.82, 2.24) is 0 Å². The third-order valence-corrected chi connectivity index (χ3v) is 4.16. The number of aromatic hydroxyl groups is 2. The van der Waals surface area contributed by atoms with Crippen LogP contribution in [-0.4, -0.2) is 39.9 Å². The molecule has 0 amide bonds. The molecule has 0 aliphatic heterocycles. The Kier molecular flexibility index (Phi) is 6.19. The second kappa shape index (κ2) is 8.35. The van der Waals surface area contributed by atoms with Crippen molar-refractivity contribution in [3.63, 3.8) is 0 Å². The Morgan fingerprint density at radius 2 is 1.73 bits per heavy atom. The summed E-state index contributed by atoms with van der Waals surface area (Å²) in [6.07, 6.45) is 0. The SMILES string of the molecule is C[C@H](COC(=O)c1ccccc1)C(c1ccc(O)c(O)c1)[C@H](N)C(=O)O. The number of carboxylic acids is 1. The Balaban J connectivity index is 2.17. The molecular formula is C19H21NO6. The highest BCUT2D eigenvalue weighted by Gasteiger charge is 2.32. The molecule has 0 saturated heterocycles. The standard InChI is InChI=1S/C19H21NO6/c1-11(10-26-19(25)12-5-3-2-4-6-12)16(17(20)18(23)24)13-7-8-14(21)15(22)9-13/h2-9,11,16-17,21-22H,10,20H2,1H3,(H,23,24)/t11-,16?,17+/m1/s1. The summed E-state index contributed by atoms with van der Waals surface area (Å²) in [5, 5.41) is 28.4. The van der Waals surface area contributed by atoms with Gasteiger partial charge in [0.25, 0.3) is 0 Å². The summed E-state index contributed by atoms with van der Waals surface area (Å²) >= 11 is 0. The first kappa shape index (κ1) is 19.3. The van der Waals surface area contributed by atoms with Crippen LogP contribution in [0.3, 0.4) is 0 Å². The van der Waals surface area contributed by atoms with E-state index < -0.39 is 29.8 Å². The van der Waals surface area contributed by atoms with Gasteiger partial charge in [0.2, 0.25) is 0 Å². The van der Waals surface area contributed by atoms with Gasteiger partial charge in [0.15, 0.2) is 11.5 Å². The van der Waals surface area contributed by atoms with E-state index in [1.807, 2.05) is 0 Å². The molecule has 7 heteroatoms. The Morgan fingerprint density at radius 1 is 1.08 bits per heavy atom. The van der Waals surface area contributed by atoms with Crippen LogP contribution in [-0.2, 0) is 9.53 Å². The smallest absolute Gasteiger partial charge is 0.338 e. The van der Waals surface area contributed by atoms with Gasteiger partial charge in [0.05, 0.1) is 12.2 Å². The molecule has 5 N–H and O–H groups in total. The first-order valence-corrected chi connectivity index (χ1v) is 8.03. The number of esters is 1. The average molecular weight is 359 g/mol. The van der Waals surface area contributed by atoms with Crippen LogP contribution < -0.4 is 5.73 Å². The molecule has 7 nitrogen and oxygen atoms in total. The second-order valence-corrected chi connectivity index (χ2v) is 6.08. The first-order valence-electron chi connectivity index (χ1n) is 8.03. The van der Waals surface area contributed by atoms with Gasteiger partial charge in [-0.25, -0.2) is 4.79 Å². The summed E-state index contributed by atoms with van der Waals surface area (Å²) in [7, 11) is 0. The van der Waals surface area contributed by atoms with Gasteiger partial charge in [-0.1, -0.05) is 31.2 Å². The Morgan fingerprint density at radius 3 is 2.31 bits per heavy atom. The number of hydrogen-bond donors (Lipinski definition) is 4. The number of phenolic OH excluding ortho intramolecular Hbond substituents is 2. The van der Waals surface area contributed by atoms with Crippen molar-refractivity contribution in [3.8, 4) is 11.5 Å². The van der Waals surface area contributed by atoms with Crippen LogP contribution in [0.1, 0.15) is 28.8 Å². The van der Waals surface area contributed by atoms with Crippen LogP contribution in [0.25, 0.3) is 0 Å². The Labute approximate surface area is 150 Å². The van der Waals surface area contributed by atoms with E-state index in [0.29, 0.717) is 11.1 Å². The Bertz CT molecular complexity index is 777. The van der Waals surface area contributed by atoms with E-state index in [1.54, 1.807) is 37.3 Å². The van der Waals surface area contributed by atoms with Gasteiger partial charge >= 0.3 is 11.9 Å². The highest BCUT2D eigenvalue weighted by molar-refractivity contribution is 5.89. The summed E-state index contributed by atoms with van der Waals surface area (Å²) in [4.78, 5) is 23.5. The summed E-state index contributed by atoms with van der Waals surface area (Å²) in [6.45, 7) is 1.65. The van der Waals surface area contributed by atoms with E-state index in [2.05, 4.69) is 0 Å². The molecule has 0 aliphatic rings. The monoisotopic (exact) mass is 359 g/mol. The van der Waals surface area contributed by atoms with Gasteiger partial charge in [-0.05, 0) is 35.7 Å². The topological polar surface area (TPSA) is 130 Å². The summed E-state index contributed by atoms with van der Waals surface area (Å²) in [5.41, 5.74) is 6.63. The van der Waals surface area contributed by atoms with Crippen LogP contribution in [0.5, 0.6) is 11.5 Å². The van der Waals surface area contributed by atoms with Crippen LogP contribution in [0.2, 0.25) is 0 Å². The number of ether oxygens (including phenoxy) is 1. The van der Waals surface area contributed by atoms with Gasteiger partial charge < -0.3 is 25.8 Å². The maximum absolute atomic E-state index is 12.1. The first-order chi connectivity index (χ1) is 12.3. The molecule has 0 spiro atoms. The summed E-state index contributed by atoms with van der Waals surface area (Å²) in [5.74, 6) is -3.61. The fourth-order valence-electron chi connectivity index (χ4n) is 2.76. The molecule has 2 aromatic carbocycles. The molecule has 0 aromatic heterocycles. The third-order valence-electron chi connectivity index (χ3n) is 4.16. The molecule has 0 aliphatic carbocycles. The molecule has 26 heavy (non-hydrogen) atoms. The van der Waals surface area contributed by atoms with Crippen LogP contribution in [0, 0.1) is 5.92 Å². The molecule has 3 atom stereocenters. The Hall–Kier alpha value is -3.06. The van der Waals surface area contributed by atoms with Gasteiger partial charge in [-0.15, -0.1) is 0 Å². The minimum atomic E-state index is -1.27. The molecule has 0 radical (unpaired) electrons. The van der Waals surface area contributed by atoms with Crippen molar-refractivity contribution < 1.29 is 29.6 Å². The van der Waals surface area contributed by atoms with Crippen molar-refractivity contribution in [2.75, 3.05) is 6.61 Å². The van der Waals surface area contributed by atoms with E-state index in [-0.39, 0.29) is 18.1 Å². The zero-order valence-corrected chi connectivity index (χ0v) is 14.2. The van der Waals surface area contributed by atoms with Crippen molar-refractivity contribution >= 4 is 11.9 Å². The number of hydrogen-bond acceptors (Lipinski definition) is 6. The van der Waals surface area contributed by atoms with Crippen LogP contribution in [0.15, 0.2) is 48.5 Å². The number of carboxylic acid groups (broad SMARTS) is 1. The molecule has 0 bridgehead atoms. The van der Waals surface area contributed by atoms with E-state index in [0.717, 1.165) is 0 Å². The number of phenols is 2. The minimum absolute atomic E-state index is 0.0546. The van der Waals surface area contributed by atoms with E-state index in [4.69, 9.17) is 10.5 Å². The number of carbonyl (C=O) groups is 2. The zero-order valence-electron chi connectivity index (χ0n) is 14.2. The maximum Gasteiger partial charge on any atom is 0.338 e. The van der Waals surface area contributed by atoms with Crippen LogP contribution >= 0.6 is 0 Å². The molecule has 0 heterocycles. The molecule has 2 rings (SSSR count). The molecule has 1 unspecified atom stereocenters. The highest BCUT2D eigenvalue weighted by Crippen LogP contribution is 2.34. The van der Waals surface area contributed by atoms with Crippen molar-refractivity contribution in [3.05, 3.63) is 59.7 Å². The van der Waals surface area contributed by atoms with Gasteiger partial charge in [0.1, 0.15) is 6.04 Å². The lowest BCUT2D eigenvalue weighted by molar-refractivity contribution is -0.139. The third kappa shape index (κ3) is 4.52. The predicted octanol–water partition coefficient (Wildman–Crippen LogP) is 2.09. The number of benzene rings is 2. The maximum atomic E-state index is 12.1. The molecular weight excluding hydrogens is 338 g/mol. The zero-order chi connectivity index (χ0) is 19.3. The fourth-order valence-corrected chi connectivity index (χ4v) is 2.76. The molecule has 138 valence electrons. The quantitative estimate of drug-likeness (QED) is 0.440. The normalized spacial score (nSPS) is 14.2. The fraction of sp³-hybridized carbons (Fsp3) is 0.263. The number of aliphatic carboxylic acids is 1. The molecule has 2 aromatic rings. The largest absolute Gasteiger partial charge is 0.504 e. The van der Waals surface area contributed by atoms with Crippen molar-refractivity contribution in [2.24, 2.45) is 11.7 Å². The summed E-state index contributed by atoms with van der Waals surface area (Å²) in [6, 6.07) is 11.2. The van der Waals surface area contributed by atoms with Gasteiger partial charge in [-0.3, -0.25) is 4.79 Å². The lowest BCUT2D eigenvalue weighted by atomic mass is 9.82. The summed E-state index contributed by atoms with van der Waals surface area (Å²) < 4.78 is 5.28. The van der Waals surface area contributed by atoms with E-state index in [1.165, 1.54) is 18.2 Å². The van der Waals surface area contributed by atoms with E-state index in [9.17, 15) is 24.9 Å². The van der Waals surface area contributed by atoms with E-state index >= 15 is 0 Å². The number of rotatable bonds is 7. The van der Waals surface area contributed by atoms with Gasteiger partial charge in [0, 0.05) is 5.92 Å². The molecule has 0 saturated carbocycles. The number of carbonyl (C=O) groups excluding carboxylic acids is 1. The van der Waals surface area contributed by atoms with Crippen LogP contribution in [0.4, 0.5) is 0 Å².